The van der Waals surface area contributed by atoms with Crippen molar-refractivity contribution in [3.05, 3.63) is 60.7 Å². The monoisotopic (exact) mass is 360 g/mol. The van der Waals surface area contributed by atoms with Crippen LogP contribution in [-0.4, -0.2) is 24.6 Å². The topological polar surface area (TPSA) is 0 Å². The van der Waals surface area contributed by atoms with Crippen LogP contribution >= 0.6 is 0 Å². The maximum Gasteiger partial charge on any atom is 0.306 e. The second kappa shape index (κ2) is 6.49. The van der Waals surface area contributed by atoms with Gasteiger partial charge in [-0.15, -0.1) is 0 Å². The van der Waals surface area contributed by atoms with E-state index < -0.39 is 24.6 Å². The number of rotatable bonds is 5. The lowest BCUT2D eigenvalue weighted by atomic mass is 10.4. The molecule has 0 fully saturated rings. The molecule has 0 N–H and O–H groups in total. The lowest BCUT2D eigenvalue weighted by Gasteiger charge is -2.46. The summed E-state index contributed by atoms with van der Waals surface area (Å²) >= 11 is 0. The van der Waals surface area contributed by atoms with E-state index in [0.29, 0.717) is 0 Å². The summed E-state index contributed by atoms with van der Waals surface area (Å²) in [6.07, 6.45) is 0. The molecule has 0 bridgehead atoms. The maximum atomic E-state index is 17.1. The highest BCUT2D eigenvalue weighted by Gasteiger charge is 2.57. The number of hydrogen-bond acceptors (Lipinski definition) is 0. The van der Waals surface area contributed by atoms with Crippen molar-refractivity contribution < 1.29 is 4.11 Å². The van der Waals surface area contributed by atoms with Gasteiger partial charge < -0.3 is 4.11 Å². The molecule has 0 spiro atoms. The first-order valence-corrected chi connectivity index (χ1v) is 17.5. The van der Waals surface area contributed by atoms with Crippen LogP contribution < -0.4 is 10.4 Å². The largest absolute Gasteiger partial charge is 0.306 e. The Morgan fingerprint density at radius 2 is 0.913 bits per heavy atom. The molecular weight excluding hydrogens is 331 g/mol. The van der Waals surface area contributed by atoms with Crippen molar-refractivity contribution in [1.82, 2.24) is 0 Å². The highest BCUT2D eigenvalue weighted by molar-refractivity contribution is 7.19. The second-order valence-electron chi connectivity index (χ2n) is 8.61. The van der Waals surface area contributed by atoms with Crippen LogP contribution in [0.1, 0.15) is 0 Å². The van der Waals surface area contributed by atoms with Crippen LogP contribution in [0.5, 0.6) is 0 Å². The number of hydrogen-bond donors (Lipinski definition) is 0. The van der Waals surface area contributed by atoms with E-state index in [1.165, 1.54) is 0 Å². The van der Waals surface area contributed by atoms with E-state index in [1.54, 1.807) is 0 Å². The van der Waals surface area contributed by atoms with E-state index in [-0.39, 0.29) is 4.79 Å². The summed E-state index contributed by atoms with van der Waals surface area (Å²) in [5, 5.41) is 1.89. The first-order chi connectivity index (χ1) is 10.6. The van der Waals surface area contributed by atoms with Gasteiger partial charge in [0.2, 0.25) is 0 Å². The maximum absolute atomic E-state index is 17.1. The van der Waals surface area contributed by atoms with Crippen molar-refractivity contribution in [2.75, 3.05) is 0 Å². The van der Waals surface area contributed by atoms with E-state index in [1.807, 2.05) is 60.7 Å². The fourth-order valence-corrected chi connectivity index (χ4v) is 28.6. The molecule has 0 aliphatic carbocycles. The Morgan fingerprint density at radius 3 is 1.17 bits per heavy atom. The van der Waals surface area contributed by atoms with Crippen molar-refractivity contribution in [2.45, 2.75) is 44.1 Å². The Kier molecular flexibility index (Phi) is 5.18. The molecule has 23 heavy (non-hydrogen) atoms. The summed E-state index contributed by atoms with van der Waals surface area (Å²) in [6.45, 7) is 14.1. The first kappa shape index (κ1) is 18.4. The van der Waals surface area contributed by atoms with Crippen LogP contribution in [0.2, 0.25) is 44.1 Å². The molecule has 0 saturated carbocycles. The van der Waals surface area contributed by atoms with Gasteiger partial charge in [0.1, 0.15) is 0 Å². The predicted molar refractivity (Wildman–Crippen MR) is 109 cm³/mol. The van der Waals surface area contributed by atoms with Gasteiger partial charge in [0.15, 0.2) is 0 Å². The van der Waals surface area contributed by atoms with Crippen molar-refractivity contribution in [3.8, 4) is 0 Å². The third kappa shape index (κ3) is 3.75. The summed E-state index contributed by atoms with van der Waals surface area (Å²) in [6, 6.07) is 20.0. The molecule has 0 atom stereocenters. The van der Waals surface area contributed by atoms with Crippen LogP contribution in [0.25, 0.3) is 0 Å². The molecule has 0 amide bonds. The molecule has 124 valence electrons. The molecule has 0 aliphatic rings. The van der Waals surface area contributed by atoms with Crippen molar-refractivity contribution in [3.63, 3.8) is 0 Å². The Labute approximate surface area is 144 Å². The molecule has 4 heteroatoms. The molecule has 0 radical (unpaired) electrons. The van der Waals surface area contributed by atoms with Gasteiger partial charge in [-0.2, -0.15) is 0 Å². The Hall–Kier alpha value is -0.979. The summed E-state index contributed by atoms with van der Waals surface area (Å²) in [5.41, 5.74) is 0. The van der Waals surface area contributed by atoms with Crippen LogP contribution in [0.4, 0.5) is 4.11 Å². The van der Waals surface area contributed by atoms with Gasteiger partial charge in [-0.25, -0.2) is 0 Å². The summed E-state index contributed by atoms with van der Waals surface area (Å²) in [4.78, 5) is 0.243. The zero-order valence-electron chi connectivity index (χ0n) is 15.2. The average molecular weight is 361 g/mol. The van der Waals surface area contributed by atoms with E-state index >= 15 is 4.11 Å². The number of benzene rings is 2. The van der Waals surface area contributed by atoms with Crippen LogP contribution in [-0.2, 0) is 0 Å². The zero-order valence-corrected chi connectivity index (χ0v) is 18.2. The highest BCUT2D eigenvalue weighted by Crippen LogP contribution is 2.40. The number of halogens is 1. The van der Waals surface area contributed by atoms with Crippen LogP contribution in [0, 0.1) is 0 Å². The fourth-order valence-electron chi connectivity index (χ4n) is 4.35. The summed E-state index contributed by atoms with van der Waals surface area (Å²) < 4.78 is 17.1. The van der Waals surface area contributed by atoms with E-state index in [9.17, 15) is 0 Å². The molecular formula is C19H29FSi3. The van der Waals surface area contributed by atoms with Gasteiger partial charge in [-0.3, -0.25) is 0 Å². The molecule has 0 heterocycles. The smallest absolute Gasteiger partial charge is 0.302 e. The molecule has 2 aromatic carbocycles. The zero-order chi connectivity index (χ0) is 17.3. The van der Waals surface area contributed by atoms with Gasteiger partial charge in [0, 0.05) is 16.1 Å². The lowest BCUT2D eigenvalue weighted by molar-refractivity contribution is 0.815. The quantitative estimate of drug-likeness (QED) is 0.528. The Morgan fingerprint density at radius 1 is 0.609 bits per heavy atom. The van der Waals surface area contributed by atoms with E-state index in [2.05, 4.69) is 39.3 Å². The van der Waals surface area contributed by atoms with Crippen molar-refractivity contribution in [2.24, 2.45) is 0 Å². The molecule has 0 aromatic heterocycles. The molecule has 0 saturated heterocycles. The first-order valence-electron chi connectivity index (χ1n) is 8.38. The van der Waals surface area contributed by atoms with Gasteiger partial charge in [-0.05, 0) is 15.2 Å². The van der Waals surface area contributed by atoms with Crippen LogP contribution in [0.3, 0.4) is 0 Å². The molecule has 0 aliphatic heterocycles. The minimum Gasteiger partial charge on any atom is -0.302 e. The standard InChI is InChI=1S/C19H29FSi3/c1-21(2,3)19(22(4,5)6)23(20,17-13-9-7-10-14-17)18-15-11-8-12-16-18/h7-16,19H,1-6H3. The summed E-state index contributed by atoms with van der Waals surface area (Å²) in [7, 11) is -6.63. The lowest BCUT2D eigenvalue weighted by Crippen LogP contribution is -2.69. The second-order valence-corrected chi connectivity index (χ2v) is 24.1. The third-order valence-corrected chi connectivity index (χ3v) is 23.9. The van der Waals surface area contributed by atoms with E-state index in [4.69, 9.17) is 0 Å². The molecule has 0 nitrogen and oxygen atoms in total. The fraction of sp³-hybridized carbons (Fsp3) is 0.368. The highest BCUT2D eigenvalue weighted by atomic mass is 28.5. The van der Waals surface area contributed by atoms with Crippen molar-refractivity contribution >= 4 is 34.9 Å². The minimum atomic E-state index is -3.28. The average Bonchev–Trinajstić information content (AvgIpc) is 2.46. The third-order valence-electron chi connectivity index (χ3n) is 4.52. The van der Waals surface area contributed by atoms with Gasteiger partial charge in [-0.1, -0.05) is 99.9 Å². The van der Waals surface area contributed by atoms with Gasteiger partial charge in [0.05, 0.1) is 0 Å². The van der Waals surface area contributed by atoms with Gasteiger partial charge >= 0.3 is 8.41 Å². The van der Waals surface area contributed by atoms with E-state index in [0.717, 1.165) is 10.4 Å². The summed E-state index contributed by atoms with van der Waals surface area (Å²) in [5.74, 6) is 0. The van der Waals surface area contributed by atoms with Gasteiger partial charge in [0.25, 0.3) is 0 Å². The van der Waals surface area contributed by atoms with Crippen LogP contribution in [0.15, 0.2) is 60.7 Å². The Balaban J connectivity index is 2.77. The van der Waals surface area contributed by atoms with Crippen molar-refractivity contribution in [1.29, 1.82) is 0 Å². The Bertz CT molecular complexity index is 574. The molecule has 2 aromatic rings. The molecule has 0 unspecified atom stereocenters. The minimum absolute atomic E-state index is 0.243. The molecule has 2 rings (SSSR count). The normalized spacial score (nSPS) is 13.4. The predicted octanol–water partition coefficient (Wildman–Crippen LogP) is 4.84. The SMILES string of the molecule is C[Si](C)(C)C([Si](C)(C)C)[Si](F)(c1ccccc1)c1ccccc1.